The van der Waals surface area contributed by atoms with Crippen LogP contribution in [0.1, 0.15) is 252 Å². The second-order valence-corrected chi connectivity index (χ2v) is 18.0. The highest BCUT2D eigenvalue weighted by Gasteiger charge is 2.16. The van der Waals surface area contributed by atoms with E-state index in [-0.39, 0.29) is 35.5 Å². The Balaban J connectivity index is 4.73. The van der Waals surface area contributed by atoms with Gasteiger partial charge in [0.05, 0.1) is 0 Å². The smallest absolute Gasteiger partial charge is 0.306 e. The first-order valence-electron chi connectivity index (χ1n) is 26.3. The first-order chi connectivity index (χ1) is 30.3. The molecule has 0 heterocycles. The van der Waals surface area contributed by atoms with Crippen LogP contribution < -0.4 is 16.4 Å². The fourth-order valence-electron chi connectivity index (χ4n) is 8.17. The molecule has 4 N–H and O–H groups in total. The first kappa shape index (κ1) is 59.4. The van der Waals surface area contributed by atoms with Crippen molar-refractivity contribution in [2.24, 2.45) is 5.73 Å². The van der Waals surface area contributed by atoms with Gasteiger partial charge in [0.25, 0.3) is 5.91 Å². The second-order valence-electron chi connectivity index (χ2n) is 18.0. The second kappa shape index (κ2) is 45.0. The largest absolute Gasteiger partial charge is 0.462 e. The molecule has 0 bridgehead atoms. The third-order valence-corrected chi connectivity index (χ3v) is 12.2. The summed E-state index contributed by atoms with van der Waals surface area (Å²) in [5, 5.41) is 5.61. The van der Waals surface area contributed by atoms with Gasteiger partial charge < -0.3 is 30.7 Å². The van der Waals surface area contributed by atoms with Crippen molar-refractivity contribution in [3.63, 3.8) is 0 Å². The third-order valence-electron chi connectivity index (χ3n) is 12.2. The molecule has 1 unspecified atom stereocenters. The Morgan fingerprint density at radius 2 is 0.887 bits per heavy atom. The van der Waals surface area contributed by atoms with Gasteiger partial charge in [-0.2, -0.15) is 0 Å². The molecule has 10 heteroatoms. The van der Waals surface area contributed by atoms with Gasteiger partial charge in [0.2, 0.25) is 0 Å². The molecule has 0 aromatic heterocycles. The Kier molecular flexibility index (Phi) is 43.1. The molecule has 364 valence electrons. The lowest BCUT2D eigenvalue weighted by molar-refractivity contribution is -0.150. The summed E-state index contributed by atoms with van der Waals surface area (Å²) < 4.78 is 11.9. The van der Waals surface area contributed by atoms with E-state index in [1.54, 1.807) is 0 Å². The number of ether oxygens (including phenoxy) is 2. The van der Waals surface area contributed by atoms with Crippen molar-refractivity contribution in [2.45, 2.75) is 265 Å². The van der Waals surface area contributed by atoms with Gasteiger partial charge in [0, 0.05) is 26.4 Å². The minimum Gasteiger partial charge on any atom is -0.462 e. The fourth-order valence-corrected chi connectivity index (χ4v) is 8.17. The van der Waals surface area contributed by atoms with Crippen molar-refractivity contribution in [3.8, 4) is 0 Å². The van der Waals surface area contributed by atoms with Crippen LogP contribution >= 0.6 is 0 Å². The van der Waals surface area contributed by atoms with Gasteiger partial charge in [0.15, 0.2) is 6.29 Å². The normalized spacial score (nSPS) is 12.4. The van der Waals surface area contributed by atoms with Crippen LogP contribution in [0.5, 0.6) is 0 Å². The standard InChI is InChI=1S/C52H100N4O6/c1-6-10-13-16-21-28-36-46(9-4)61-49(58)39-31-24-19-26-33-42-56(44-35-41-55-51(48(53)45-57)52(60)54-5)43-34-27-20-25-32-40-50(59)62-47(37-29-22-17-14-11-7-2)38-30-23-18-15-12-8-3/h45-47,55H,6-44,53H2,1-5H3,(H,54,60)/b51-48-. The van der Waals surface area contributed by atoms with Crippen LogP contribution in [0.2, 0.25) is 0 Å². The van der Waals surface area contributed by atoms with Crippen molar-refractivity contribution in [2.75, 3.05) is 33.2 Å². The Morgan fingerprint density at radius 3 is 1.31 bits per heavy atom. The van der Waals surface area contributed by atoms with Gasteiger partial charge in [-0.1, -0.05) is 163 Å². The van der Waals surface area contributed by atoms with Crippen molar-refractivity contribution >= 4 is 24.1 Å². The molecule has 0 aliphatic rings. The van der Waals surface area contributed by atoms with E-state index in [0.29, 0.717) is 25.7 Å². The lowest BCUT2D eigenvalue weighted by Crippen LogP contribution is -2.35. The van der Waals surface area contributed by atoms with Gasteiger partial charge in [-0.3, -0.25) is 19.2 Å². The molecule has 62 heavy (non-hydrogen) atoms. The summed E-state index contributed by atoms with van der Waals surface area (Å²) in [5.41, 5.74) is 5.80. The molecule has 0 aromatic rings. The molecule has 0 spiro atoms. The van der Waals surface area contributed by atoms with Gasteiger partial charge in [-0.25, -0.2) is 0 Å². The van der Waals surface area contributed by atoms with Crippen LogP contribution in [0.4, 0.5) is 0 Å². The lowest BCUT2D eigenvalue weighted by Gasteiger charge is -2.23. The highest BCUT2D eigenvalue weighted by Crippen LogP contribution is 2.19. The van der Waals surface area contributed by atoms with E-state index in [9.17, 15) is 19.2 Å². The summed E-state index contributed by atoms with van der Waals surface area (Å²) in [4.78, 5) is 51.4. The van der Waals surface area contributed by atoms with E-state index in [4.69, 9.17) is 15.2 Å². The van der Waals surface area contributed by atoms with Crippen LogP contribution in [-0.4, -0.2) is 74.5 Å². The number of nitrogens with one attached hydrogen (secondary N) is 2. The van der Waals surface area contributed by atoms with Crippen molar-refractivity contribution in [1.82, 2.24) is 15.5 Å². The average Bonchev–Trinajstić information content (AvgIpc) is 3.27. The van der Waals surface area contributed by atoms with Gasteiger partial charge in [-0.05, 0) is 96.7 Å². The number of aldehydes is 1. The lowest BCUT2D eigenvalue weighted by atomic mass is 10.0. The minimum absolute atomic E-state index is 0.0139. The van der Waals surface area contributed by atoms with Crippen molar-refractivity contribution < 1.29 is 28.7 Å². The molecule has 0 saturated heterocycles. The number of hydrogen-bond donors (Lipinski definition) is 3. The van der Waals surface area contributed by atoms with Crippen LogP contribution in [0, 0.1) is 0 Å². The number of esters is 2. The highest BCUT2D eigenvalue weighted by atomic mass is 16.5. The number of unbranched alkanes of at least 4 members (excludes halogenated alkanes) is 23. The zero-order valence-electron chi connectivity index (χ0n) is 41.3. The number of amides is 1. The summed E-state index contributed by atoms with van der Waals surface area (Å²) in [6.07, 6.45) is 39.5. The number of hydrogen-bond acceptors (Lipinski definition) is 9. The summed E-state index contributed by atoms with van der Waals surface area (Å²) >= 11 is 0. The molecule has 0 saturated carbocycles. The van der Waals surface area contributed by atoms with Crippen LogP contribution in [0.15, 0.2) is 11.4 Å². The predicted molar refractivity (Wildman–Crippen MR) is 260 cm³/mol. The van der Waals surface area contributed by atoms with E-state index in [2.05, 4.69) is 43.2 Å². The SMILES string of the molecule is CCCCCCCCC(CC)OC(=O)CCCCCCCN(CCCCCCCC(=O)OC(CCCCCCCC)CCCCCCCC)CCCN/C(C(=O)NC)=C(\N)C=O. The number of carbonyl (C=O) groups is 4. The number of rotatable bonds is 47. The molecule has 1 amide bonds. The molecule has 0 radical (unpaired) electrons. The first-order valence-corrected chi connectivity index (χ1v) is 26.3. The maximum absolute atomic E-state index is 12.9. The van der Waals surface area contributed by atoms with Crippen molar-refractivity contribution in [3.05, 3.63) is 11.4 Å². The summed E-state index contributed by atoms with van der Waals surface area (Å²) in [6, 6.07) is 0. The number of nitrogens with two attached hydrogens (primary N) is 1. The topological polar surface area (TPSA) is 140 Å². The highest BCUT2D eigenvalue weighted by molar-refractivity contribution is 5.97. The molecular formula is C52H100N4O6. The number of allylic oxidation sites excluding steroid dienone is 1. The Morgan fingerprint density at radius 1 is 0.516 bits per heavy atom. The van der Waals surface area contributed by atoms with Gasteiger partial charge >= 0.3 is 11.9 Å². The fraction of sp³-hybridized carbons (Fsp3) is 0.885. The van der Waals surface area contributed by atoms with E-state index in [1.807, 2.05) is 0 Å². The predicted octanol–water partition coefficient (Wildman–Crippen LogP) is 12.5. The van der Waals surface area contributed by atoms with Crippen molar-refractivity contribution in [1.29, 1.82) is 0 Å². The number of nitrogens with zero attached hydrogens (tertiary/aromatic N) is 1. The molecule has 0 aliphatic heterocycles. The Bertz CT molecular complexity index is 1090. The Hall–Kier alpha value is -2.62. The monoisotopic (exact) mass is 877 g/mol. The summed E-state index contributed by atoms with van der Waals surface area (Å²) in [7, 11) is 1.52. The zero-order valence-corrected chi connectivity index (χ0v) is 41.3. The number of carbonyl (C=O) groups excluding carboxylic acids is 4. The summed E-state index contributed by atoms with van der Waals surface area (Å²) in [6.45, 7) is 12.3. The van der Waals surface area contributed by atoms with E-state index in [0.717, 1.165) is 135 Å². The molecule has 10 nitrogen and oxygen atoms in total. The molecular weight excluding hydrogens is 777 g/mol. The van der Waals surface area contributed by atoms with E-state index >= 15 is 0 Å². The summed E-state index contributed by atoms with van der Waals surface area (Å²) in [5.74, 6) is -0.453. The quantitative estimate of drug-likeness (QED) is 0.0236. The molecule has 0 aromatic carbocycles. The maximum atomic E-state index is 12.9. The van der Waals surface area contributed by atoms with Gasteiger partial charge in [0.1, 0.15) is 23.6 Å². The number of likely N-dealkylation sites (N-methyl/N-ethyl adjacent to an activating group) is 1. The Labute approximate surface area is 382 Å². The van der Waals surface area contributed by atoms with Crippen LogP contribution in [0.25, 0.3) is 0 Å². The van der Waals surface area contributed by atoms with Gasteiger partial charge in [-0.15, -0.1) is 0 Å². The third kappa shape index (κ3) is 36.8. The minimum atomic E-state index is -0.396. The van der Waals surface area contributed by atoms with E-state index in [1.165, 1.54) is 103 Å². The zero-order chi connectivity index (χ0) is 45.7. The van der Waals surface area contributed by atoms with Crippen LogP contribution in [0.3, 0.4) is 0 Å². The maximum Gasteiger partial charge on any atom is 0.306 e. The molecule has 1 atom stereocenters. The van der Waals surface area contributed by atoms with Crippen LogP contribution in [-0.2, 0) is 28.7 Å². The molecule has 0 rings (SSSR count). The average molecular weight is 877 g/mol. The molecule has 0 fully saturated rings. The molecule has 0 aliphatic carbocycles. The van der Waals surface area contributed by atoms with E-state index < -0.39 is 5.91 Å².